The molecule has 2 aliphatic rings. The molecular formula is C14H14F7O2-. The molecule has 132 valence electrons. The molecule has 2 aliphatic carbocycles. The molecule has 2 atom stereocenters. The first-order valence-electron chi connectivity index (χ1n) is 6.82. The number of allylic oxidation sites excluding steroid dienone is 2. The van der Waals surface area contributed by atoms with Gasteiger partial charge >= 0.3 is 18.0 Å². The van der Waals surface area contributed by atoms with E-state index in [4.69, 9.17) is 0 Å². The minimum atomic E-state index is -6.60. The Morgan fingerprint density at radius 2 is 1.57 bits per heavy atom. The molecule has 2 fully saturated rings. The Hall–Kier alpha value is -1.28. The molecule has 23 heavy (non-hydrogen) atoms. The lowest BCUT2D eigenvalue weighted by Gasteiger charge is -2.35. The van der Waals surface area contributed by atoms with Gasteiger partial charge in [-0.1, -0.05) is 20.8 Å². The van der Waals surface area contributed by atoms with E-state index in [2.05, 4.69) is 0 Å². The van der Waals surface area contributed by atoms with Gasteiger partial charge < -0.3 is 5.11 Å². The van der Waals surface area contributed by atoms with Crippen molar-refractivity contribution in [3.63, 3.8) is 0 Å². The molecule has 9 heteroatoms. The molecule has 2 unspecified atom stereocenters. The Morgan fingerprint density at radius 1 is 1.09 bits per heavy atom. The Morgan fingerprint density at radius 3 is 1.91 bits per heavy atom. The van der Waals surface area contributed by atoms with Crippen LogP contribution < -0.4 is 5.11 Å². The van der Waals surface area contributed by atoms with Crippen molar-refractivity contribution in [2.24, 2.45) is 16.7 Å². The van der Waals surface area contributed by atoms with E-state index in [-0.39, 0.29) is 12.8 Å². The van der Waals surface area contributed by atoms with Crippen molar-refractivity contribution >= 4 is 5.78 Å². The molecule has 0 saturated heterocycles. The summed E-state index contributed by atoms with van der Waals surface area (Å²) < 4.78 is 90.0. The van der Waals surface area contributed by atoms with Gasteiger partial charge in [0.2, 0.25) is 0 Å². The van der Waals surface area contributed by atoms with Crippen LogP contribution in [0, 0.1) is 16.7 Å². The molecule has 2 bridgehead atoms. The van der Waals surface area contributed by atoms with Crippen LogP contribution >= 0.6 is 0 Å². The van der Waals surface area contributed by atoms with Gasteiger partial charge in [-0.15, -0.1) is 0 Å². The van der Waals surface area contributed by atoms with Crippen molar-refractivity contribution in [3.8, 4) is 0 Å². The Kier molecular flexibility index (Phi) is 3.47. The predicted octanol–water partition coefficient (Wildman–Crippen LogP) is 3.46. The molecule has 0 amide bonds. The van der Waals surface area contributed by atoms with Crippen LogP contribution in [0.3, 0.4) is 0 Å². The molecule has 0 aliphatic heterocycles. The molecule has 0 aromatic heterocycles. The fourth-order valence-electron chi connectivity index (χ4n) is 3.62. The van der Waals surface area contributed by atoms with E-state index in [1.54, 1.807) is 0 Å². The SMILES string of the molecule is CC12CCC(/C(=C(/[O-])C(F)(F)C(F)(F)C(F)(F)F)C1=O)C2(C)C. The van der Waals surface area contributed by atoms with Crippen LogP contribution in [-0.4, -0.2) is 23.8 Å². The van der Waals surface area contributed by atoms with Crippen LogP contribution in [0.25, 0.3) is 0 Å². The minimum absolute atomic E-state index is 0.115. The maximum atomic E-state index is 13.6. The van der Waals surface area contributed by atoms with Crippen molar-refractivity contribution in [2.75, 3.05) is 0 Å². The van der Waals surface area contributed by atoms with Crippen molar-refractivity contribution in [1.82, 2.24) is 0 Å². The highest BCUT2D eigenvalue weighted by molar-refractivity contribution is 6.05. The number of hydrogen-bond donors (Lipinski definition) is 0. The largest absolute Gasteiger partial charge is 0.871 e. The first kappa shape index (κ1) is 18.1. The Bertz CT molecular complexity index is 588. The number of halogens is 7. The summed E-state index contributed by atoms with van der Waals surface area (Å²) in [5.41, 5.74) is -3.29. The van der Waals surface area contributed by atoms with Gasteiger partial charge in [0.1, 0.15) is 0 Å². The highest BCUT2D eigenvalue weighted by atomic mass is 19.4. The summed E-state index contributed by atoms with van der Waals surface area (Å²) in [6, 6.07) is 0. The molecule has 2 saturated carbocycles. The second-order valence-electron chi connectivity index (χ2n) is 6.86. The summed E-state index contributed by atoms with van der Waals surface area (Å²) in [6.07, 6.45) is -6.22. The number of hydrogen-bond acceptors (Lipinski definition) is 2. The van der Waals surface area contributed by atoms with Crippen LogP contribution in [-0.2, 0) is 4.79 Å². The van der Waals surface area contributed by atoms with Crippen LogP contribution in [0.15, 0.2) is 11.3 Å². The van der Waals surface area contributed by atoms with E-state index in [0.29, 0.717) is 0 Å². The summed E-state index contributed by atoms with van der Waals surface area (Å²) in [4.78, 5) is 12.3. The quantitative estimate of drug-likeness (QED) is 0.436. The average Bonchev–Trinajstić information content (AvgIpc) is 2.68. The van der Waals surface area contributed by atoms with Gasteiger partial charge in [-0.25, -0.2) is 0 Å². The Balaban J connectivity index is 2.62. The smallest absolute Gasteiger partial charge is 0.460 e. The number of rotatable bonds is 2. The van der Waals surface area contributed by atoms with E-state index in [1.165, 1.54) is 20.8 Å². The monoisotopic (exact) mass is 347 g/mol. The van der Waals surface area contributed by atoms with E-state index in [1.807, 2.05) is 0 Å². The van der Waals surface area contributed by atoms with E-state index in [0.717, 1.165) is 0 Å². The average molecular weight is 347 g/mol. The van der Waals surface area contributed by atoms with Crippen molar-refractivity contribution in [2.45, 2.75) is 51.6 Å². The van der Waals surface area contributed by atoms with Gasteiger partial charge in [-0.2, -0.15) is 30.7 Å². The third-order valence-electron chi connectivity index (χ3n) is 5.60. The van der Waals surface area contributed by atoms with Gasteiger partial charge in [-0.3, -0.25) is 4.79 Å². The number of alkyl halides is 7. The van der Waals surface area contributed by atoms with Crippen LogP contribution in [0.4, 0.5) is 30.7 Å². The molecule has 0 N–H and O–H groups in total. The normalized spacial score (nSPS) is 33.3. The van der Waals surface area contributed by atoms with Gasteiger partial charge in [0.25, 0.3) is 0 Å². The zero-order valence-corrected chi connectivity index (χ0v) is 12.5. The summed E-state index contributed by atoms with van der Waals surface area (Å²) in [5, 5.41) is 11.8. The van der Waals surface area contributed by atoms with E-state index in [9.17, 15) is 40.6 Å². The Labute approximate surface area is 127 Å². The fourth-order valence-corrected chi connectivity index (χ4v) is 3.62. The molecule has 0 aromatic carbocycles. The number of ketones is 1. The van der Waals surface area contributed by atoms with E-state index < -0.39 is 51.9 Å². The summed E-state index contributed by atoms with van der Waals surface area (Å²) in [7, 11) is 0. The number of carbonyl (C=O) groups is 1. The standard InChI is InChI=1S/C14H15F7O2/c1-10(2)6-4-5-11(10,3)8(22)7(6)9(23)12(15,16)13(17,18)14(19,20)21/h6,23H,4-5H2,1-3H3/p-1/b9-7-. The lowest BCUT2D eigenvalue weighted by molar-refractivity contribution is -0.406. The highest BCUT2D eigenvalue weighted by Crippen LogP contribution is 2.66. The zero-order chi connectivity index (χ0) is 18.2. The van der Waals surface area contributed by atoms with Crippen LogP contribution in [0.1, 0.15) is 33.6 Å². The van der Waals surface area contributed by atoms with Crippen LogP contribution in [0.5, 0.6) is 0 Å². The van der Waals surface area contributed by atoms with Crippen LogP contribution in [0.2, 0.25) is 0 Å². The van der Waals surface area contributed by atoms with Gasteiger partial charge in [0.05, 0.1) is 0 Å². The lowest BCUT2D eigenvalue weighted by Crippen LogP contribution is -2.55. The number of fused-ring (bicyclic) bond motifs is 2. The van der Waals surface area contributed by atoms with Gasteiger partial charge in [-0.05, 0) is 35.5 Å². The third-order valence-corrected chi connectivity index (χ3v) is 5.60. The summed E-state index contributed by atoms with van der Waals surface area (Å²) in [6.45, 7) is 4.45. The predicted molar refractivity (Wildman–Crippen MR) is 62.6 cm³/mol. The first-order valence-corrected chi connectivity index (χ1v) is 6.82. The number of carbonyl (C=O) groups excluding carboxylic acids is 1. The van der Waals surface area contributed by atoms with Crippen molar-refractivity contribution in [3.05, 3.63) is 11.3 Å². The second-order valence-corrected chi connectivity index (χ2v) is 6.86. The summed E-state index contributed by atoms with van der Waals surface area (Å²) in [5.74, 6) is -17.4. The van der Waals surface area contributed by atoms with E-state index >= 15 is 0 Å². The topological polar surface area (TPSA) is 40.1 Å². The molecule has 0 spiro atoms. The zero-order valence-electron chi connectivity index (χ0n) is 12.5. The third kappa shape index (κ3) is 1.91. The maximum absolute atomic E-state index is 13.6. The molecule has 2 rings (SSSR count). The summed E-state index contributed by atoms with van der Waals surface area (Å²) >= 11 is 0. The molecule has 2 nitrogen and oxygen atoms in total. The van der Waals surface area contributed by atoms with Gasteiger partial charge in [0, 0.05) is 5.41 Å². The fraction of sp³-hybridized carbons (Fsp3) is 0.786. The minimum Gasteiger partial charge on any atom is -0.871 e. The first-order chi connectivity index (χ1) is 10.0. The molecule has 0 heterocycles. The molecule has 0 radical (unpaired) electrons. The lowest BCUT2D eigenvalue weighted by atomic mass is 9.70. The molecule has 0 aromatic rings. The van der Waals surface area contributed by atoms with Gasteiger partial charge in [0.15, 0.2) is 5.78 Å². The number of Topliss-reactive ketones (excluding diaryl/α,β-unsaturated/α-hetero) is 1. The second kappa shape index (κ2) is 4.42. The maximum Gasteiger partial charge on any atom is 0.460 e. The molecular weight excluding hydrogens is 333 g/mol. The highest BCUT2D eigenvalue weighted by Gasteiger charge is 2.74. The van der Waals surface area contributed by atoms with Crippen molar-refractivity contribution in [1.29, 1.82) is 0 Å². The van der Waals surface area contributed by atoms with Crippen molar-refractivity contribution < 1.29 is 40.6 Å².